The summed E-state index contributed by atoms with van der Waals surface area (Å²) < 4.78 is 22.7. The third kappa shape index (κ3) is 5.37. The molecule has 0 unspecified atom stereocenters. The molecule has 2 fully saturated rings. The fraction of sp³-hybridized carbons (Fsp3) is 0.533. The predicted octanol–water partition coefficient (Wildman–Crippen LogP) is 3.03. The van der Waals surface area contributed by atoms with E-state index in [2.05, 4.69) is 10.3 Å². The van der Waals surface area contributed by atoms with E-state index in [1.54, 1.807) is 18.2 Å². The maximum Gasteiger partial charge on any atom is 0.332 e. The highest BCUT2D eigenvalue weighted by Gasteiger charge is 2.62. The second-order valence-corrected chi connectivity index (χ2v) is 10.9. The van der Waals surface area contributed by atoms with Gasteiger partial charge in [0, 0.05) is 30.5 Å². The second kappa shape index (κ2) is 11.4. The molecular formula is C30H37N3O7. The van der Waals surface area contributed by atoms with E-state index in [-0.39, 0.29) is 30.9 Å². The molecule has 5 rings (SSSR count). The fourth-order valence-corrected chi connectivity index (χ4v) is 5.65. The smallest absolute Gasteiger partial charge is 0.332 e. The van der Waals surface area contributed by atoms with Crippen LogP contribution in [-0.2, 0) is 23.9 Å². The minimum atomic E-state index is -1.12. The lowest BCUT2D eigenvalue weighted by Crippen LogP contribution is -2.54. The zero-order valence-electron chi connectivity index (χ0n) is 23.4. The van der Waals surface area contributed by atoms with E-state index in [0.29, 0.717) is 18.9 Å². The molecule has 2 aliphatic heterocycles. The number of hydrogen-bond acceptors (Lipinski definition) is 8. The highest BCUT2D eigenvalue weighted by molar-refractivity contribution is 5.96. The maximum absolute atomic E-state index is 13.8. The molecule has 2 aromatic rings. The standard InChI is InChI=1S/C30H37N3O7/c1-18-19(2)39-13-7-5-6-8-21-16-30(21,29(36)38-4)32-26(34)25-15-23(17-33(25)28(18)35)40-27-24-10-9-22(37-3)14-20(24)11-12-31-27/h6,8-12,14,18-19,21,23,25H,5,7,13,15-17H2,1-4H3,(H,32,34)/b8-6-/t18-,19+,21+,23+,25-,30+/m0/s1. The minimum absolute atomic E-state index is 0.165. The van der Waals surface area contributed by atoms with Crippen LogP contribution in [0.5, 0.6) is 11.6 Å². The molecule has 0 bridgehead atoms. The first-order chi connectivity index (χ1) is 19.3. The molecule has 1 saturated carbocycles. The second-order valence-electron chi connectivity index (χ2n) is 10.9. The topological polar surface area (TPSA) is 116 Å². The molecule has 1 aliphatic carbocycles. The van der Waals surface area contributed by atoms with Gasteiger partial charge in [-0.1, -0.05) is 19.1 Å². The van der Waals surface area contributed by atoms with Gasteiger partial charge in [0.2, 0.25) is 17.7 Å². The largest absolute Gasteiger partial charge is 0.497 e. The number of benzene rings is 1. The molecule has 10 nitrogen and oxygen atoms in total. The molecule has 1 N–H and O–H groups in total. The summed E-state index contributed by atoms with van der Waals surface area (Å²) in [7, 11) is 2.93. The van der Waals surface area contributed by atoms with Gasteiger partial charge in [0.05, 0.1) is 32.8 Å². The van der Waals surface area contributed by atoms with Crippen LogP contribution in [0.4, 0.5) is 0 Å². The molecule has 1 aromatic carbocycles. The number of carbonyl (C=O) groups excluding carboxylic acids is 3. The lowest BCUT2D eigenvalue weighted by molar-refractivity contribution is -0.149. The summed E-state index contributed by atoms with van der Waals surface area (Å²) in [5, 5.41) is 4.66. The Morgan fingerprint density at radius 1 is 1.20 bits per heavy atom. The third-order valence-electron chi connectivity index (χ3n) is 8.33. The van der Waals surface area contributed by atoms with Crippen molar-refractivity contribution >= 4 is 28.6 Å². The van der Waals surface area contributed by atoms with E-state index in [4.69, 9.17) is 18.9 Å². The predicted molar refractivity (Wildman–Crippen MR) is 147 cm³/mol. The van der Waals surface area contributed by atoms with Gasteiger partial charge < -0.3 is 29.2 Å². The number of nitrogens with one attached hydrogen (secondary N) is 1. The van der Waals surface area contributed by atoms with E-state index in [1.165, 1.54) is 7.11 Å². The molecule has 214 valence electrons. The molecule has 6 atom stereocenters. The molecule has 1 aromatic heterocycles. The molecule has 3 aliphatic rings. The number of allylic oxidation sites excluding steroid dienone is 1. The summed E-state index contributed by atoms with van der Waals surface area (Å²) in [6, 6.07) is 6.66. The average molecular weight is 552 g/mol. The first-order valence-electron chi connectivity index (χ1n) is 13.9. The average Bonchev–Trinajstić information content (AvgIpc) is 3.49. The van der Waals surface area contributed by atoms with E-state index < -0.39 is 35.5 Å². The van der Waals surface area contributed by atoms with Gasteiger partial charge in [-0.3, -0.25) is 9.59 Å². The van der Waals surface area contributed by atoms with Gasteiger partial charge in [-0.15, -0.1) is 0 Å². The van der Waals surface area contributed by atoms with Crippen LogP contribution in [0.25, 0.3) is 10.8 Å². The van der Waals surface area contributed by atoms with E-state index in [1.807, 2.05) is 50.3 Å². The number of methoxy groups -OCH3 is 2. The maximum atomic E-state index is 13.8. The Kier molecular flexibility index (Phi) is 7.98. The summed E-state index contributed by atoms with van der Waals surface area (Å²) in [6.07, 6.45) is 7.11. The Balaban J connectivity index is 1.43. The van der Waals surface area contributed by atoms with Crippen LogP contribution in [-0.4, -0.2) is 78.8 Å². The summed E-state index contributed by atoms with van der Waals surface area (Å²) in [6.45, 7) is 4.42. The molecule has 0 radical (unpaired) electrons. The zero-order valence-corrected chi connectivity index (χ0v) is 23.4. The molecule has 3 heterocycles. The van der Waals surface area contributed by atoms with Crippen molar-refractivity contribution in [1.82, 2.24) is 15.2 Å². The Morgan fingerprint density at radius 2 is 2.02 bits per heavy atom. The highest BCUT2D eigenvalue weighted by Crippen LogP contribution is 2.46. The van der Waals surface area contributed by atoms with Gasteiger partial charge in [-0.2, -0.15) is 0 Å². The SMILES string of the molecule is COC(=O)[C@@]12C[C@H]1/C=C\CCCO[C@H](C)[C@H](C)C(=O)N1C[C@H](Oc3nccc4cc(OC)ccc34)C[C@H]1C(=O)N2. The van der Waals surface area contributed by atoms with Gasteiger partial charge in [0.25, 0.3) is 0 Å². The van der Waals surface area contributed by atoms with Crippen LogP contribution in [0.1, 0.15) is 39.5 Å². The van der Waals surface area contributed by atoms with Crippen molar-refractivity contribution in [2.75, 3.05) is 27.4 Å². The molecule has 10 heteroatoms. The number of pyridine rings is 1. The van der Waals surface area contributed by atoms with Gasteiger partial charge in [-0.25, -0.2) is 9.78 Å². The number of nitrogens with zero attached hydrogens (tertiary/aromatic N) is 2. The van der Waals surface area contributed by atoms with Crippen molar-refractivity contribution in [3.63, 3.8) is 0 Å². The molecule has 40 heavy (non-hydrogen) atoms. The first-order valence-corrected chi connectivity index (χ1v) is 13.9. The molecule has 0 spiro atoms. The van der Waals surface area contributed by atoms with Crippen molar-refractivity contribution in [2.24, 2.45) is 11.8 Å². The van der Waals surface area contributed by atoms with Gasteiger partial charge in [0.1, 0.15) is 23.4 Å². The van der Waals surface area contributed by atoms with Gasteiger partial charge in [-0.05, 0) is 55.8 Å². The lowest BCUT2D eigenvalue weighted by Gasteiger charge is -2.30. The van der Waals surface area contributed by atoms with Crippen molar-refractivity contribution in [1.29, 1.82) is 0 Å². The number of aromatic nitrogens is 1. The normalized spacial score (nSPS) is 31.7. The Bertz CT molecular complexity index is 1310. The zero-order chi connectivity index (χ0) is 28.4. The van der Waals surface area contributed by atoms with Crippen molar-refractivity contribution < 1.29 is 33.3 Å². The molecular weight excluding hydrogens is 514 g/mol. The van der Waals surface area contributed by atoms with Crippen molar-refractivity contribution in [3.05, 3.63) is 42.6 Å². The summed E-state index contributed by atoms with van der Waals surface area (Å²) in [5.74, 6) is -0.567. The molecule has 2 amide bonds. The number of rotatable bonds is 4. The summed E-state index contributed by atoms with van der Waals surface area (Å²) >= 11 is 0. The van der Waals surface area contributed by atoms with Crippen LogP contribution in [0.2, 0.25) is 0 Å². The number of ether oxygens (including phenoxy) is 4. The van der Waals surface area contributed by atoms with E-state index in [9.17, 15) is 14.4 Å². The minimum Gasteiger partial charge on any atom is -0.497 e. The quantitative estimate of drug-likeness (QED) is 0.456. The highest BCUT2D eigenvalue weighted by atomic mass is 16.5. The fourth-order valence-electron chi connectivity index (χ4n) is 5.65. The van der Waals surface area contributed by atoms with Gasteiger partial charge in [0.15, 0.2) is 0 Å². The number of fused-ring (bicyclic) bond motifs is 3. The molecule has 1 saturated heterocycles. The van der Waals surface area contributed by atoms with E-state index >= 15 is 0 Å². The Morgan fingerprint density at radius 3 is 2.80 bits per heavy atom. The number of amides is 2. The monoisotopic (exact) mass is 551 g/mol. The lowest BCUT2D eigenvalue weighted by atomic mass is 10.0. The van der Waals surface area contributed by atoms with Crippen molar-refractivity contribution in [3.8, 4) is 11.6 Å². The number of hydrogen-bond donors (Lipinski definition) is 1. The third-order valence-corrected chi connectivity index (χ3v) is 8.33. The summed E-state index contributed by atoms with van der Waals surface area (Å²) in [4.78, 5) is 46.3. The van der Waals surface area contributed by atoms with Crippen LogP contribution in [0.15, 0.2) is 42.6 Å². The number of esters is 1. The Labute approximate surface area is 234 Å². The summed E-state index contributed by atoms with van der Waals surface area (Å²) in [5.41, 5.74) is -1.12. The van der Waals surface area contributed by atoms with Crippen molar-refractivity contribution in [2.45, 2.75) is 63.3 Å². The van der Waals surface area contributed by atoms with Crippen LogP contribution >= 0.6 is 0 Å². The van der Waals surface area contributed by atoms with E-state index in [0.717, 1.165) is 29.4 Å². The Hall–Kier alpha value is -3.66. The van der Waals surface area contributed by atoms with Gasteiger partial charge >= 0.3 is 5.97 Å². The van der Waals surface area contributed by atoms with Crippen LogP contribution < -0.4 is 14.8 Å². The van der Waals surface area contributed by atoms with Crippen LogP contribution in [0.3, 0.4) is 0 Å². The first kappa shape index (κ1) is 27.9. The number of carbonyl (C=O) groups is 3. The van der Waals surface area contributed by atoms with Crippen LogP contribution in [0, 0.1) is 11.8 Å².